The minimum atomic E-state index is 0.104. The number of rotatable bonds is 2. The van der Waals surface area contributed by atoms with E-state index in [9.17, 15) is 0 Å². The fraction of sp³-hybridized carbons (Fsp3) is 0.364. The van der Waals surface area contributed by atoms with Gasteiger partial charge in [0.25, 0.3) is 0 Å². The van der Waals surface area contributed by atoms with E-state index >= 15 is 0 Å². The van der Waals surface area contributed by atoms with Gasteiger partial charge in [0.1, 0.15) is 11.3 Å². The first-order valence-corrected chi connectivity index (χ1v) is 4.77. The van der Waals surface area contributed by atoms with Crippen molar-refractivity contribution in [3.63, 3.8) is 0 Å². The summed E-state index contributed by atoms with van der Waals surface area (Å²) in [4.78, 5) is 0. The van der Waals surface area contributed by atoms with Crippen LogP contribution in [0.15, 0.2) is 22.7 Å². The lowest BCUT2D eigenvalue weighted by atomic mass is 10.1. The van der Waals surface area contributed by atoms with Gasteiger partial charge < -0.3 is 10.3 Å². The summed E-state index contributed by atoms with van der Waals surface area (Å²) in [7, 11) is 0. The first-order valence-electron chi connectivity index (χ1n) is 4.77. The molecule has 0 saturated heterocycles. The maximum absolute atomic E-state index is 5.72. The predicted molar refractivity (Wildman–Crippen MR) is 56.1 cm³/mol. The molecule has 1 heterocycles. The van der Waals surface area contributed by atoms with Crippen LogP contribution in [0.3, 0.4) is 0 Å². The summed E-state index contributed by atoms with van der Waals surface area (Å²) in [5.41, 5.74) is 7.83. The Morgan fingerprint density at radius 1 is 1.50 bits per heavy atom. The Hall–Kier alpha value is -1.35. The van der Waals surface area contributed by atoms with Gasteiger partial charge in [0.2, 0.25) is 0 Å². The molecule has 2 aromatic rings. The highest BCUT2D eigenvalue weighted by Crippen LogP contribution is 2.20. The van der Waals surface area contributed by atoms with Crippen molar-refractivity contribution in [2.75, 3.05) is 0 Å². The standard InChI is InChI=1S/C11H14N2O/c1-7-3-4-9-10(5-7)13-14-11(9)6-8(2)12/h3-5,8H,6,12H2,1-2H3. The van der Waals surface area contributed by atoms with Gasteiger partial charge in [0.15, 0.2) is 0 Å². The third kappa shape index (κ3) is 1.63. The van der Waals surface area contributed by atoms with Crippen LogP contribution in [0, 0.1) is 6.92 Å². The number of fused-ring (bicyclic) bond motifs is 1. The highest BCUT2D eigenvalue weighted by Gasteiger charge is 2.09. The minimum absolute atomic E-state index is 0.104. The van der Waals surface area contributed by atoms with Gasteiger partial charge in [-0.15, -0.1) is 0 Å². The Kier molecular flexibility index (Phi) is 2.25. The molecule has 0 saturated carbocycles. The molecule has 1 unspecified atom stereocenters. The van der Waals surface area contributed by atoms with Crippen LogP contribution in [0.2, 0.25) is 0 Å². The lowest BCUT2D eigenvalue weighted by molar-refractivity contribution is 0.384. The molecule has 2 N–H and O–H groups in total. The number of nitrogens with two attached hydrogens (primary N) is 1. The fourth-order valence-corrected chi connectivity index (χ4v) is 1.55. The molecule has 1 aromatic carbocycles. The third-order valence-corrected chi connectivity index (χ3v) is 2.22. The smallest absolute Gasteiger partial charge is 0.146 e. The summed E-state index contributed by atoms with van der Waals surface area (Å²) < 4.78 is 5.25. The van der Waals surface area contributed by atoms with E-state index in [2.05, 4.69) is 11.2 Å². The van der Waals surface area contributed by atoms with Crippen molar-refractivity contribution in [2.45, 2.75) is 26.3 Å². The zero-order valence-electron chi connectivity index (χ0n) is 8.45. The molecule has 3 nitrogen and oxygen atoms in total. The van der Waals surface area contributed by atoms with Crippen molar-refractivity contribution in [3.05, 3.63) is 29.5 Å². The molecule has 2 rings (SSSR count). The number of hydrogen-bond acceptors (Lipinski definition) is 3. The molecular weight excluding hydrogens is 176 g/mol. The van der Waals surface area contributed by atoms with Gasteiger partial charge in [-0.1, -0.05) is 11.2 Å². The summed E-state index contributed by atoms with van der Waals surface area (Å²) in [5.74, 6) is 0.884. The second-order valence-corrected chi connectivity index (χ2v) is 3.81. The van der Waals surface area contributed by atoms with Crippen molar-refractivity contribution in [3.8, 4) is 0 Å². The Balaban J connectivity index is 2.47. The van der Waals surface area contributed by atoms with Crippen LogP contribution in [0.5, 0.6) is 0 Å². The van der Waals surface area contributed by atoms with E-state index in [1.807, 2.05) is 26.0 Å². The van der Waals surface area contributed by atoms with Gasteiger partial charge >= 0.3 is 0 Å². The zero-order chi connectivity index (χ0) is 10.1. The monoisotopic (exact) mass is 190 g/mol. The molecular formula is C11H14N2O. The molecule has 0 aliphatic carbocycles. The van der Waals surface area contributed by atoms with Crippen LogP contribution in [-0.4, -0.2) is 11.2 Å². The highest BCUT2D eigenvalue weighted by atomic mass is 16.5. The molecule has 0 spiro atoms. The van der Waals surface area contributed by atoms with E-state index in [4.69, 9.17) is 10.3 Å². The average Bonchev–Trinajstić information content (AvgIpc) is 2.47. The summed E-state index contributed by atoms with van der Waals surface area (Å²) >= 11 is 0. The lowest BCUT2D eigenvalue weighted by Gasteiger charge is -2.00. The van der Waals surface area contributed by atoms with Crippen molar-refractivity contribution < 1.29 is 4.52 Å². The van der Waals surface area contributed by atoms with Crippen molar-refractivity contribution >= 4 is 10.9 Å². The normalized spacial score (nSPS) is 13.4. The summed E-state index contributed by atoms with van der Waals surface area (Å²) in [6.07, 6.45) is 0.736. The van der Waals surface area contributed by atoms with Crippen molar-refractivity contribution in [2.24, 2.45) is 5.73 Å². The second-order valence-electron chi connectivity index (χ2n) is 3.81. The first kappa shape index (κ1) is 9.21. The van der Waals surface area contributed by atoms with Gasteiger partial charge in [-0.25, -0.2) is 0 Å². The maximum atomic E-state index is 5.72. The topological polar surface area (TPSA) is 52.0 Å². The Morgan fingerprint density at radius 3 is 3.00 bits per heavy atom. The van der Waals surface area contributed by atoms with Gasteiger partial charge in [-0.3, -0.25) is 0 Å². The molecule has 1 aromatic heterocycles. The maximum Gasteiger partial charge on any atom is 0.146 e. The van der Waals surface area contributed by atoms with E-state index in [0.29, 0.717) is 0 Å². The molecule has 0 aliphatic rings. The second kappa shape index (κ2) is 3.42. The van der Waals surface area contributed by atoms with Crippen LogP contribution in [0.4, 0.5) is 0 Å². The predicted octanol–water partition coefficient (Wildman–Crippen LogP) is 2.03. The molecule has 0 radical (unpaired) electrons. The van der Waals surface area contributed by atoms with Crippen LogP contribution in [0.25, 0.3) is 10.9 Å². The number of hydrogen-bond donors (Lipinski definition) is 1. The van der Waals surface area contributed by atoms with E-state index < -0.39 is 0 Å². The summed E-state index contributed by atoms with van der Waals surface area (Å²) in [5, 5.41) is 5.08. The minimum Gasteiger partial charge on any atom is -0.360 e. The number of aryl methyl sites for hydroxylation is 1. The van der Waals surface area contributed by atoms with Crippen LogP contribution in [0.1, 0.15) is 18.2 Å². The molecule has 1 atom stereocenters. The van der Waals surface area contributed by atoms with Gasteiger partial charge in [0, 0.05) is 17.8 Å². The molecule has 3 heteroatoms. The lowest BCUT2D eigenvalue weighted by Crippen LogP contribution is -2.17. The summed E-state index contributed by atoms with van der Waals surface area (Å²) in [6, 6.07) is 6.22. The largest absolute Gasteiger partial charge is 0.360 e. The van der Waals surface area contributed by atoms with E-state index in [0.717, 1.165) is 23.1 Å². The third-order valence-electron chi connectivity index (χ3n) is 2.22. The Labute approximate surface area is 82.9 Å². The van der Waals surface area contributed by atoms with Crippen LogP contribution >= 0.6 is 0 Å². The molecule has 0 fully saturated rings. The molecule has 0 bridgehead atoms. The summed E-state index contributed by atoms with van der Waals surface area (Å²) in [6.45, 7) is 4.00. The van der Waals surface area contributed by atoms with E-state index in [-0.39, 0.29) is 6.04 Å². The van der Waals surface area contributed by atoms with Crippen molar-refractivity contribution in [1.29, 1.82) is 0 Å². The van der Waals surface area contributed by atoms with E-state index in [1.165, 1.54) is 5.56 Å². The fourth-order valence-electron chi connectivity index (χ4n) is 1.55. The molecule has 0 amide bonds. The van der Waals surface area contributed by atoms with Gasteiger partial charge in [-0.05, 0) is 31.5 Å². The quantitative estimate of drug-likeness (QED) is 0.788. The number of nitrogens with zero attached hydrogens (tertiary/aromatic N) is 1. The van der Waals surface area contributed by atoms with Crippen LogP contribution < -0.4 is 5.73 Å². The Morgan fingerprint density at radius 2 is 2.29 bits per heavy atom. The molecule has 0 aliphatic heterocycles. The van der Waals surface area contributed by atoms with E-state index in [1.54, 1.807) is 0 Å². The average molecular weight is 190 g/mol. The SMILES string of the molecule is Cc1ccc2c(CC(C)N)onc2c1. The number of benzene rings is 1. The molecule has 14 heavy (non-hydrogen) atoms. The van der Waals surface area contributed by atoms with Gasteiger partial charge in [0.05, 0.1) is 0 Å². The van der Waals surface area contributed by atoms with Crippen LogP contribution in [-0.2, 0) is 6.42 Å². The Bertz CT molecular complexity index is 445. The number of aromatic nitrogens is 1. The first-order chi connectivity index (χ1) is 6.66. The highest BCUT2D eigenvalue weighted by molar-refractivity contribution is 5.81. The molecule has 74 valence electrons. The zero-order valence-corrected chi connectivity index (χ0v) is 8.45. The van der Waals surface area contributed by atoms with Gasteiger partial charge in [-0.2, -0.15) is 0 Å². The van der Waals surface area contributed by atoms with Crippen molar-refractivity contribution in [1.82, 2.24) is 5.16 Å².